The summed E-state index contributed by atoms with van der Waals surface area (Å²) in [5.74, 6) is -0.226. The van der Waals surface area contributed by atoms with Crippen LogP contribution in [0.25, 0.3) is 0 Å². The summed E-state index contributed by atoms with van der Waals surface area (Å²) in [5.41, 5.74) is 1.24. The molecule has 0 atom stereocenters. The van der Waals surface area contributed by atoms with Crippen LogP contribution in [-0.4, -0.2) is 67.4 Å². The summed E-state index contributed by atoms with van der Waals surface area (Å²) >= 11 is -6.01. The molecule has 0 aliphatic carbocycles. The summed E-state index contributed by atoms with van der Waals surface area (Å²) in [7, 11) is 0. The van der Waals surface area contributed by atoms with E-state index in [1.165, 1.54) is 6.54 Å². The van der Waals surface area contributed by atoms with Crippen LogP contribution in [0.4, 0.5) is 0 Å². The molecule has 0 fully saturated rings. The zero-order valence-corrected chi connectivity index (χ0v) is 38.5. The number of hydrogen-bond acceptors (Lipinski definition) is 8. The van der Waals surface area contributed by atoms with E-state index in [1.54, 1.807) is 76.2 Å². The van der Waals surface area contributed by atoms with Crippen molar-refractivity contribution in [2.24, 2.45) is 0 Å². The maximum atomic E-state index is 12.2. The molecule has 0 saturated heterocycles. The Bertz CT molecular complexity index is 2000. The van der Waals surface area contributed by atoms with Crippen molar-refractivity contribution in [3.05, 3.63) is 170 Å². The zero-order valence-electron chi connectivity index (χ0n) is 31.5. The molecule has 5 aromatic carbocycles. The minimum atomic E-state index is -3.00. The number of carbonyl (C=O) groups is 4. The molecule has 0 heterocycles. The van der Waals surface area contributed by atoms with E-state index in [0.717, 1.165) is 13.1 Å². The number of hydrogen-bond donors (Lipinski definition) is 0. The zero-order chi connectivity index (χ0) is 40.5. The first-order chi connectivity index (χ1) is 26.7. The summed E-state index contributed by atoms with van der Waals surface area (Å²) in [4.78, 5) is 48.8. The van der Waals surface area contributed by atoms with Crippen molar-refractivity contribution in [3.63, 3.8) is 0 Å². The average molecular weight is 1140 g/mol. The minimum absolute atomic E-state index is 0.311. The Morgan fingerprint density at radius 3 is 0.607 bits per heavy atom. The standard InChI is InChI=1S/4C10H9O2.C6H4.2Bi/c4*1-8(2)10(11)12-9-6-4-3-5-7-9;1-2-4-6-5-3-1;;/h4*4-7H,1H2,2H3;1-2,5-6H;;. The molecule has 5 rings (SSSR count). The monoisotopic (exact) mass is 1140 g/mol. The predicted octanol–water partition coefficient (Wildman–Crippen LogP) is 4.65. The fraction of sp³-hybridized carbons (Fsp3) is 0.0870. The van der Waals surface area contributed by atoms with E-state index in [0.29, 0.717) is 45.3 Å². The van der Waals surface area contributed by atoms with Gasteiger partial charge in [-0.15, -0.1) is 0 Å². The van der Waals surface area contributed by atoms with Gasteiger partial charge in [-0.3, -0.25) is 0 Å². The molecule has 56 heavy (non-hydrogen) atoms. The molecule has 5 aromatic rings. The third kappa shape index (κ3) is 10.9. The molecule has 0 amide bonds. The van der Waals surface area contributed by atoms with Crippen LogP contribution < -0.4 is 38.6 Å². The summed E-state index contributed by atoms with van der Waals surface area (Å²) in [6.07, 6.45) is 0. The van der Waals surface area contributed by atoms with Crippen LogP contribution in [0.5, 0.6) is 23.0 Å². The van der Waals surface area contributed by atoms with Crippen LogP contribution in [-0.2, 0) is 19.2 Å². The molecule has 0 saturated carbocycles. The van der Waals surface area contributed by atoms with E-state index in [2.05, 4.69) is 50.6 Å². The fourth-order valence-electron chi connectivity index (χ4n) is 5.07. The second-order valence-electron chi connectivity index (χ2n) is 12.8. The van der Waals surface area contributed by atoms with E-state index in [-0.39, 0.29) is 0 Å². The number of rotatable bonds is 14. The van der Waals surface area contributed by atoms with Gasteiger partial charge in [-0.05, 0) is 0 Å². The van der Waals surface area contributed by atoms with E-state index < -0.39 is 67.4 Å². The van der Waals surface area contributed by atoms with Crippen molar-refractivity contribution in [1.29, 1.82) is 0 Å². The fourth-order valence-corrected chi connectivity index (χ4v) is 22.5. The van der Waals surface area contributed by atoms with Crippen LogP contribution >= 0.6 is 0 Å². The van der Waals surface area contributed by atoms with E-state index in [9.17, 15) is 19.2 Å². The molecule has 10 heteroatoms. The first kappa shape index (κ1) is 41.9. The van der Waals surface area contributed by atoms with Gasteiger partial charge < -0.3 is 0 Å². The summed E-state index contributed by atoms with van der Waals surface area (Å²) in [6, 6.07) is 39.3. The van der Waals surface area contributed by atoms with Crippen molar-refractivity contribution in [3.8, 4) is 23.0 Å². The van der Waals surface area contributed by atoms with Crippen LogP contribution in [0.1, 0.15) is 27.7 Å². The second kappa shape index (κ2) is 19.0. The third-order valence-corrected chi connectivity index (χ3v) is 27.0. The van der Waals surface area contributed by atoms with Gasteiger partial charge in [-0.1, -0.05) is 0 Å². The number of esters is 4. The Kier molecular flexibility index (Phi) is 14.2. The molecule has 0 N–H and O–H groups in total. The van der Waals surface area contributed by atoms with Crippen molar-refractivity contribution in [1.82, 2.24) is 0 Å². The Balaban J connectivity index is 1.54. The molecule has 0 aliphatic rings. The first-order valence-electron chi connectivity index (χ1n) is 17.3. The predicted molar refractivity (Wildman–Crippen MR) is 223 cm³/mol. The van der Waals surface area contributed by atoms with Gasteiger partial charge in [-0.25, -0.2) is 0 Å². The maximum absolute atomic E-state index is 12.2. The van der Waals surface area contributed by atoms with Gasteiger partial charge in [0, 0.05) is 0 Å². The SMILES string of the molecule is C=C(C)C(=O)Oc1cc[c]([Bi]([c]2ccc(OC(=O)C(=C)C)cc2)[c]2cc[c]([Bi]([c]3ccc(OC(=O)C(=C)C)cc3)[c]3ccc(OC(=O)C(=C)C)cc3)cc2)cc1. The van der Waals surface area contributed by atoms with Gasteiger partial charge >= 0.3 is 346 Å². The van der Waals surface area contributed by atoms with E-state index >= 15 is 0 Å². The van der Waals surface area contributed by atoms with Gasteiger partial charge in [0.05, 0.1) is 0 Å². The van der Waals surface area contributed by atoms with Crippen LogP contribution in [0.3, 0.4) is 0 Å². The van der Waals surface area contributed by atoms with Crippen molar-refractivity contribution in [2.75, 3.05) is 0 Å². The van der Waals surface area contributed by atoms with Gasteiger partial charge in [0.25, 0.3) is 0 Å². The summed E-state index contributed by atoms with van der Waals surface area (Å²) in [5, 5.41) is 0. The molecular weight excluding hydrogens is 1100 g/mol. The van der Waals surface area contributed by atoms with E-state index in [1.807, 2.05) is 48.5 Å². The molecule has 0 aromatic heterocycles. The average Bonchev–Trinajstić information content (AvgIpc) is 3.18. The molecule has 8 nitrogen and oxygen atoms in total. The van der Waals surface area contributed by atoms with Gasteiger partial charge in [0.2, 0.25) is 0 Å². The van der Waals surface area contributed by atoms with E-state index in [4.69, 9.17) is 18.9 Å². The molecule has 0 unspecified atom stereocenters. The molecule has 282 valence electrons. The van der Waals surface area contributed by atoms with Crippen LogP contribution in [0.15, 0.2) is 170 Å². The normalized spacial score (nSPS) is 10.7. The quantitative estimate of drug-likeness (QED) is 0.0687. The van der Waals surface area contributed by atoms with Gasteiger partial charge in [0.1, 0.15) is 0 Å². The Morgan fingerprint density at radius 1 is 0.321 bits per heavy atom. The van der Waals surface area contributed by atoms with Crippen molar-refractivity contribution < 1.29 is 38.1 Å². The number of ether oxygens (including phenoxy) is 4. The van der Waals surface area contributed by atoms with Crippen LogP contribution in [0.2, 0.25) is 0 Å². The molecule has 0 radical (unpaired) electrons. The Hall–Kier alpha value is -5.29. The molecular formula is C46H40Bi2O8. The summed E-state index contributed by atoms with van der Waals surface area (Å²) < 4.78 is 28.9. The third-order valence-electron chi connectivity index (χ3n) is 7.98. The van der Waals surface area contributed by atoms with Crippen molar-refractivity contribution >= 4 is 87.0 Å². The van der Waals surface area contributed by atoms with Crippen molar-refractivity contribution in [2.45, 2.75) is 27.7 Å². The topological polar surface area (TPSA) is 105 Å². The molecule has 0 spiro atoms. The molecule has 0 bridgehead atoms. The number of benzene rings is 5. The summed E-state index contributed by atoms with van der Waals surface area (Å²) in [6.45, 7) is 21.1. The second-order valence-corrected chi connectivity index (χ2v) is 30.1. The van der Waals surface area contributed by atoms with Gasteiger partial charge in [0.15, 0.2) is 0 Å². The first-order valence-corrected chi connectivity index (χ1v) is 27.7. The van der Waals surface area contributed by atoms with Gasteiger partial charge in [-0.2, -0.15) is 0 Å². The Morgan fingerprint density at radius 2 is 0.464 bits per heavy atom. The van der Waals surface area contributed by atoms with Crippen LogP contribution in [0, 0.1) is 0 Å². The molecule has 0 aliphatic heterocycles. The number of carbonyl (C=O) groups excluding carboxylic acids is 4. The Labute approximate surface area is 343 Å².